The van der Waals surface area contributed by atoms with Crippen molar-refractivity contribution in [1.82, 2.24) is 5.16 Å². The maximum absolute atomic E-state index is 5.79. The van der Waals surface area contributed by atoms with Crippen molar-refractivity contribution in [3.63, 3.8) is 0 Å². The first-order valence-electron chi connectivity index (χ1n) is 5.80. The molecule has 0 unspecified atom stereocenters. The van der Waals surface area contributed by atoms with Crippen LogP contribution in [0.2, 0.25) is 0 Å². The summed E-state index contributed by atoms with van der Waals surface area (Å²) in [6.07, 6.45) is 5.57. The van der Waals surface area contributed by atoms with Crippen molar-refractivity contribution < 1.29 is 9.26 Å². The van der Waals surface area contributed by atoms with E-state index in [1.807, 2.05) is 12.1 Å². The van der Waals surface area contributed by atoms with Crippen LogP contribution in [0.1, 0.15) is 17.5 Å². The molecule has 4 heteroatoms. The predicted octanol–water partition coefficient (Wildman–Crippen LogP) is 2.61. The highest BCUT2D eigenvalue weighted by molar-refractivity contribution is 5.63. The molecule has 3 rings (SSSR count). The van der Waals surface area contributed by atoms with Gasteiger partial charge in [-0.3, -0.25) is 0 Å². The Morgan fingerprint density at radius 2 is 2.41 bits per heavy atom. The number of para-hydroxylation sites is 1. The summed E-state index contributed by atoms with van der Waals surface area (Å²) in [5.41, 5.74) is 3.41. The summed E-state index contributed by atoms with van der Waals surface area (Å²) in [5, 5.41) is 7.05. The van der Waals surface area contributed by atoms with Crippen LogP contribution < -0.4 is 10.1 Å². The normalized spacial score (nSPS) is 13.9. The highest BCUT2D eigenvalue weighted by atomic mass is 16.5. The molecule has 1 aliphatic rings. The van der Waals surface area contributed by atoms with Gasteiger partial charge in [0.25, 0.3) is 0 Å². The third kappa shape index (κ3) is 2.11. The largest absolute Gasteiger partial charge is 0.487 e. The minimum Gasteiger partial charge on any atom is -0.487 e. The van der Waals surface area contributed by atoms with E-state index in [4.69, 9.17) is 9.26 Å². The van der Waals surface area contributed by atoms with Crippen LogP contribution in [-0.2, 0) is 13.0 Å². The Labute approximate surface area is 99.6 Å². The molecule has 2 heterocycles. The third-order valence-corrected chi connectivity index (χ3v) is 2.91. The highest BCUT2D eigenvalue weighted by Gasteiger charge is 2.13. The monoisotopic (exact) mass is 230 g/mol. The number of hydrogen-bond acceptors (Lipinski definition) is 4. The predicted molar refractivity (Wildman–Crippen MR) is 64.1 cm³/mol. The first-order valence-corrected chi connectivity index (χ1v) is 5.80. The summed E-state index contributed by atoms with van der Waals surface area (Å²) in [5.74, 6) is 0.906. The Morgan fingerprint density at radius 1 is 1.41 bits per heavy atom. The van der Waals surface area contributed by atoms with E-state index >= 15 is 0 Å². The molecule has 0 amide bonds. The van der Waals surface area contributed by atoms with E-state index in [2.05, 4.69) is 16.5 Å². The second-order valence-electron chi connectivity index (χ2n) is 4.14. The third-order valence-electron chi connectivity index (χ3n) is 2.91. The zero-order valence-corrected chi connectivity index (χ0v) is 9.48. The summed E-state index contributed by atoms with van der Waals surface area (Å²) < 4.78 is 10.6. The molecule has 1 aliphatic heterocycles. The molecule has 1 aromatic carbocycles. The fourth-order valence-electron chi connectivity index (χ4n) is 2.06. The number of ether oxygens (including phenoxy) is 1. The molecule has 1 aromatic heterocycles. The second kappa shape index (κ2) is 4.49. The van der Waals surface area contributed by atoms with Crippen molar-refractivity contribution in [1.29, 1.82) is 0 Å². The molecule has 4 nitrogen and oxygen atoms in total. The fraction of sp³-hybridized carbons (Fsp3) is 0.308. The maximum atomic E-state index is 5.79. The first-order chi connectivity index (χ1) is 8.43. The van der Waals surface area contributed by atoms with Crippen LogP contribution in [0.25, 0.3) is 0 Å². The molecule has 17 heavy (non-hydrogen) atoms. The van der Waals surface area contributed by atoms with Crippen LogP contribution in [0.4, 0.5) is 5.69 Å². The van der Waals surface area contributed by atoms with Gasteiger partial charge >= 0.3 is 0 Å². The molecular weight excluding hydrogens is 216 g/mol. The van der Waals surface area contributed by atoms with Gasteiger partial charge in [0.15, 0.2) is 0 Å². The van der Waals surface area contributed by atoms with Crippen LogP contribution in [0, 0.1) is 0 Å². The molecule has 0 bridgehead atoms. The number of aromatic nitrogens is 1. The van der Waals surface area contributed by atoms with E-state index < -0.39 is 0 Å². The van der Waals surface area contributed by atoms with Crippen molar-refractivity contribution in [3.8, 4) is 5.75 Å². The Morgan fingerprint density at radius 3 is 3.29 bits per heavy atom. The average molecular weight is 230 g/mol. The quantitative estimate of drug-likeness (QED) is 0.880. The van der Waals surface area contributed by atoms with Gasteiger partial charge in [0.2, 0.25) is 0 Å². The molecule has 0 radical (unpaired) electrons. The van der Waals surface area contributed by atoms with E-state index in [1.54, 1.807) is 12.5 Å². The van der Waals surface area contributed by atoms with Gasteiger partial charge in [-0.05, 0) is 24.5 Å². The minimum atomic E-state index is 0.488. The van der Waals surface area contributed by atoms with E-state index in [-0.39, 0.29) is 0 Å². The summed E-state index contributed by atoms with van der Waals surface area (Å²) >= 11 is 0. The van der Waals surface area contributed by atoms with Gasteiger partial charge in [0.05, 0.1) is 11.9 Å². The second-order valence-corrected chi connectivity index (χ2v) is 4.14. The van der Waals surface area contributed by atoms with Crippen LogP contribution >= 0.6 is 0 Å². The fourth-order valence-corrected chi connectivity index (χ4v) is 2.06. The van der Waals surface area contributed by atoms with Crippen molar-refractivity contribution in [3.05, 3.63) is 41.8 Å². The average Bonchev–Trinajstić information content (AvgIpc) is 2.89. The van der Waals surface area contributed by atoms with E-state index in [0.717, 1.165) is 30.0 Å². The number of fused-ring (bicyclic) bond motifs is 1. The van der Waals surface area contributed by atoms with Crippen molar-refractivity contribution in [2.75, 3.05) is 11.9 Å². The van der Waals surface area contributed by atoms with Crippen molar-refractivity contribution in [2.45, 2.75) is 19.4 Å². The number of hydrogen-bond donors (Lipinski definition) is 1. The molecule has 2 aromatic rings. The van der Waals surface area contributed by atoms with Crippen LogP contribution in [0.3, 0.4) is 0 Å². The van der Waals surface area contributed by atoms with Crippen LogP contribution in [0.5, 0.6) is 5.75 Å². The van der Waals surface area contributed by atoms with Crippen LogP contribution in [-0.4, -0.2) is 11.7 Å². The summed E-state index contributed by atoms with van der Waals surface area (Å²) in [6.45, 7) is 1.50. The zero-order chi connectivity index (χ0) is 11.5. The van der Waals surface area contributed by atoms with Gasteiger partial charge in [0, 0.05) is 12.1 Å². The van der Waals surface area contributed by atoms with Gasteiger partial charge in [-0.1, -0.05) is 17.3 Å². The lowest BCUT2D eigenvalue weighted by Crippen LogP contribution is -2.13. The maximum Gasteiger partial charge on any atom is 0.143 e. The minimum absolute atomic E-state index is 0.488. The van der Waals surface area contributed by atoms with Gasteiger partial charge < -0.3 is 14.6 Å². The number of benzene rings is 1. The molecule has 0 atom stereocenters. The van der Waals surface area contributed by atoms with E-state index in [1.165, 1.54) is 12.0 Å². The van der Waals surface area contributed by atoms with Crippen molar-refractivity contribution >= 4 is 5.69 Å². The Kier molecular flexibility index (Phi) is 2.69. The lowest BCUT2D eigenvalue weighted by molar-refractivity contribution is 0.305. The zero-order valence-electron chi connectivity index (χ0n) is 9.48. The van der Waals surface area contributed by atoms with Gasteiger partial charge in [0.1, 0.15) is 18.6 Å². The molecule has 0 spiro atoms. The number of nitrogens with one attached hydrogen (secondary N) is 1. The molecule has 0 saturated carbocycles. The molecule has 1 N–H and O–H groups in total. The Bertz CT molecular complexity index is 494. The Hall–Kier alpha value is -1.97. The number of nitrogens with zero attached hydrogens (tertiary/aromatic N) is 1. The van der Waals surface area contributed by atoms with E-state index in [0.29, 0.717) is 6.61 Å². The first kappa shape index (κ1) is 10.2. The number of anilines is 1. The lowest BCUT2D eigenvalue weighted by atomic mass is 10.0. The summed E-state index contributed by atoms with van der Waals surface area (Å²) in [6, 6.07) is 6.17. The number of aryl methyl sites for hydroxylation is 1. The Balaban J connectivity index is 1.78. The molecule has 0 aliphatic carbocycles. The molecule has 0 fully saturated rings. The molecule has 88 valence electrons. The lowest BCUT2D eigenvalue weighted by Gasteiger charge is -2.20. The van der Waals surface area contributed by atoms with Gasteiger partial charge in [-0.2, -0.15) is 0 Å². The highest BCUT2D eigenvalue weighted by Crippen LogP contribution is 2.32. The summed E-state index contributed by atoms with van der Waals surface area (Å²) in [4.78, 5) is 0. The standard InChI is InChI=1S/C13H14N2O2/c1-3-11-4-2-6-14-13(11)12(5-1)16-8-10-7-15-17-9-10/h1,3,5,7,9,14H,2,4,6,8H2. The van der Waals surface area contributed by atoms with Gasteiger partial charge in [-0.15, -0.1) is 0 Å². The topological polar surface area (TPSA) is 47.3 Å². The summed E-state index contributed by atoms with van der Waals surface area (Å²) in [7, 11) is 0. The van der Waals surface area contributed by atoms with Crippen LogP contribution in [0.15, 0.2) is 35.2 Å². The number of rotatable bonds is 3. The van der Waals surface area contributed by atoms with E-state index in [9.17, 15) is 0 Å². The van der Waals surface area contributed by atoms with Gasteiger partial charge in [-0.25, -0.2) is 0 Å². The molecule has 0 saturated heterocycles. The smallest absolute Gasteiger partial charge is 0.143 e. The van der Waals surface area contributed by atoms with Crippen molar-refractivity contribution in [2.24, 2.45) is 0 Å². The SMILES string of the molecule is c1cc2c(c(OCc3cnoc3)c1)NCCC2. The molecular formula is C13H14N2O2.